The second-order valence-corrected chi connectivity index (χ2v) is 3.79. The predicted molar refractivity (Wildman–Crippen MR) is 63.4 cm³/mol. The second-order valence-electron chi connectivity index (χ2n) is 3.35. The molecule has 0 unspecified atom stereocenters. The Kier molecular flexibility index (Phi) is 3.11. The van der Waals surface area contributed by atoms with Crippen LogP contribution in [0.4, 0.5) is 4.39 Å². The number of hydrogen-bond acceptors (Lipinski definition) is 1. The summed E-state index contributed by atoms with van der Waals surface area (Å²) in [6.07, 6.45) is 0. The van der Waals surface area contributed by atoms with Crippen LogP contribution in [0.3, 0.4) is 0 Å². The van der Waals surface area contributed by atoms with Gasteiger partial charge in [0.15, 0.2) is 0 Å². The lowest BCUT2D eigenvalue weighted by Gasteiger charge is -2.08. The number of halogens is 2. The van der Waals surface area contributed by atoms with Gasteiger partial charge in [-0.15, -0.1) is 0 Å². The molecule has 2 aromatic carbocycles. The van der Waals surface area contributed by atoms with Crippen LogP contribution in [0.2, 0.25) is 5.02 Å². The third-order valence-corrected chi connectivity index (χ3v) is 2.55. The summed E-state index contributed by atoms with van der Waals surface area (Å²) in [5.74, 6) is 0.459. The average Bonchev–Trinajstić information content (AvgIpc) is 2.30. The van der Waals surface area contributed by atoms with Crippen LogP contribution in [0.25, 0.3) is 11.1 Å². The highest BCUT2D eigenvalue weighted by molar-refractivity contribution is 6.31. The minimum atomic E-state index is -0.259. The van der Waals surface area contributed by atoms with Gasteiger partial charge < -0.3 is 4.74 Å². The Morgan fingerprint density at radius 2 is 1.75 bits per heavy atom. The maximum atomic E-state index is 12.8. The van der Waals surface area contributed by atoms with Crippen LogP contribution in [0, 0.1) is 5.82 Å². The number of methoxy groups -OCH3 is 1. The molecule has 16 heavy (non-hydrogen) atoms. The Hall–Kier alpha value is -1.54. The smallest absolute Gasteiger partial charge is 0.126 e. The van der Waals surface area contributed by atoms with Gasteiger partial charge in [0.05, 0.1) is 7.11 Å². The zero-order chi connectivity index (χ0) is 11.5. The van der Waals surface area contributed by atoms with E-state index in [-0.39, 0.29) is 5.82 Å². The lowest BCUT2D eigenvalue weighted by molar-refractivity contribution is 0.416. The van der Waals surface area contributed by atoms with Gasteiger partial charge >= 0.3 is 0 Å². The summed E-state index contributed by atoms with van der Waals surface area (Å²) in [4.78, 5) is 0. The Labute approximate surface area is 98.4 Å². The molecular formula is C13H10ClFO. The molecule has 1 nitrogen and oxygen atoms in total. The van der Waals surface area contributed by atoms with Crippen LogP contribution in [0.5, 0.6) is 5.75 Å². The van der Waals surface area contributed by atoms with Gasteiger partial charge in [-0.3, -0.25) is 0 Å². The topological polar surface area (TPSA) is 9.23 Å². The molecule has 0 atom stereocenters. The van der Waals surface area contributed by atoms with Crippen LogP contribution < -0.4 is 4.74 Å². The molecule has 0 aromatic heterocycles. The lowest BCUT2D eigenvalue weighted by Crippen LogP contribution is -1.88. The normalized spacial score (nSPS) is 10.2. The van der Waals surface area contributed by atoms with E-state index < -0.39 is 0 Å². The molecule has 0 amide bonds. The highest BCUT2D eigenvalue weighted by atomic mass is 35.5. The van der Waals surface area contributed by atoms with Gasteiger partial charge in [0.2, 0.25) is 0 Å². The van der Waals surface area contributed by atoms with Gasteiger partial charge in [-0.05, 0) is 35.9 Å². The van der Waals surface area contributed by atoms with Crippen LogP contribution in [0.1, 0.15) is 0 Å². The SMILES string of the molecule is COc1ccc(Cl)cc1-c1ccc(F)cc1. The van der Waals surface area contributed by atoms with E-state index in [1.165, 1.54) is 12.1 Å². The molecule has 0 aliphatic rings. The van der Waals surface area contributed by atoms with Crippen LogP contribution >= 0.6 is 11.6 Å². The van der Waals surface area contributed by atoms with Crippen molar-refractivity contribution in [2.75, 3.05) is 7.11 Å². The van der Waals surface area contributed by atoms with Crippen LogP contribution in [-0.2, 0) is 0 Å². The quantitative estimate of drug-likeness (QED) is 0.761. The Morgan fingerprint density at radius 3 is 2.38 bits per heavy atom. The predicted octanol–water partition coefficient (Wildman–Crippen LogP) is 4.15. The van der Waals surface area contributed by atoms with E-state index in [0.29, 0.717) is 5.02 Å². The zero-order valence-corrected chi connectivity index (χ0v) is 9.46. The summed E-state index contributed by atoms with van der Waals surface area (Å²) < 4.78 is 18.0. The third kappa shape index (κ3) is 2.17. The molecule has 0 aliphatic carbocycles. The van der Waals surface area contributed by atoms with Gasteiger partial charge in [-0.25, -0.2) is 4.39 Å². The van der Waals surface area contributed by atoms with Crippen molar-refractivity contribution in [3.8, 4) is 16.9 Å². The maximum Gasteiger partial charge on any atom is 0.126 e. The molecule has 0 radical (unpaired) electrons. The number of benzene rings is 2. The van der Waals surface area contributed by atoms with E-state index in [0.717, 1.165) is 16.9 Å². The monoisotopic (exact) mass is 236 g/mol. The third-order valence-electron chi connectivity index (χ3n) is 2.32. The van der Waals surface area contributed by atoms with E-state index in [2.05, 4.69) is 0 Å². The fraction of sp³-hybridized carbons (Fsp3) is 0.0769. The summed E-state index contributed by atoms with van der Waals surface area (Å²) in [5, 5.41) is 0.625. The molecule has 0 bridgehead atoms. The molecule has 3 heteroatoms. The second kappa shape index (κ2) is 4.54. The molecule has 0 aliphatic heterocycles. The first kappa shape index (κ1) is 11.0. The fourth-order valence-corrected chi connectivity index (χ4v) is 1.71. The van der Waals surface area contributed by atoms with E-state index >= 15 is 0 Å². The molecular weight excluding hydrogens is 227 g/mol. The number of hydrogen-bond donors (Lipinski definition) is 0. The van der Waals surface area contributed by atoms with Gasteiger partial charge in [0.1, 0.15) is 11.6 Å². The van der Waals surface area contributed by atoms with Crippen molar-refractivity contribution >= 4 is 11.6 Å². The van der Waals surface area contributed by atoms with Crippen molar-refractivity contribution in [1.29, 1.82) is 0 Å². The van der Waals surface area contributed by atoms with Crippen molar-refractivity contribution in [3.63, 3.8) is 0 Å². The van der Waals surface area contributed by atoms with E-state index in [4.69, 9.17) is 16.3 Å². The molecule has 0 N–H and O–H groups in total. The van der Waals surface area contributed by atoms with E-state index in [1.54, 1.807) is 37.4 Å². The number of rotatable bonds is 2. The summed E-state index contributed by atoms with van der Waals surface area (Å²) in [6.45, 7) is 0. The standard InChI is InChI=1S/C13H10ClFO/c1-16-13-7-4-10(14)8-12(13)9-2-5-11(15)6-3-9/h2-8H,1H3. The fourth-order valence-electron chi connectivity index (χ4n) is 1.54. The molecule has 0 heterocycles. The van der Waals surface area contributed by atoms with Crippen LogP contribution in [-0.4, -0.2) is 7.11 Å². The number of ether oxygens (including phenoxy) is 1. The lowest BCUT2D eigenvalue weighted by atomic mass is 10.0. The molecule has 2 rings (SSSR count). The first-order valence-corrected chi connectivity index (χ1v) is 5.18. The Morgan fingerprint density at radius 1 is 1.06 bits per heavy atom. The first-order valence-electron chi connectivity index (χ1n) is 4.80. The van der Waals surface area contributed by atoms with Crippen molar-refractivity contribution in [2.45, 2.75) is 0 Å². The Bertz CT molecular complexity index is 494. The summed E-state index contributed by atoms with van der Waals surface area (Å²) >= 11 is 5.93. The molecule has 2 aromatic rings. The highest BCUT2D eigenvalue weighted by Gasteiger charge is 2.06. The van der Waals surface area contributed by atoms with E-state index in [9.17, 15) is 4.39 Å². The van der Waals surface area contributed by atoms with Crippen molar-refractivity contribution in [1.82, 2.24) is 0 Å². The molecule has 0 fully saturated rings. The van der Waals surface area contributed by atoms with Crippen LogP contribution in [0.15, 0.2) is 42.5 Å². The molecule has 0 spiro atoms. The minimum Gasteiger partial charge on any atom is -0.496 e. The largest absolute Gasteiger partial charge is 0.496 e. The summed E-state index contributed by atoms with van der Waals surface area (Å²) in [5.41, 5.74) is 1.73. The average molecular weight is 237 g/mol. The molecule has 0 saturated heterocycles. The maximum absolute atomic E-state index is 12.8. The molecule has 82 valence electrons. The van der Waals surface area contributed by atoms with Gasteiger partial charge in [-0.2, -0.15) is 0 Å². The van der Waals surface area contributed by atoms with Gasteiger partial charge in [0, 0.05) is 10.6 Å². The van der Waals surface area contributed by atoms with E-state index in [1.807, 2.05) is 0 Å². The summed E-state index contributed by atoms with van der Waals surface area (Å²) in [7, 11) is 1.59. The van der Waals surface area contributed by atoms with Crippen molar-refractivity contribution < 1.29 is 9.13 Å². The zero-order valence-electron chi connectivity index (χ0n) is 8.71. The summed E-state index contributed by atoms with van der Waals surface area (Å²) in [6, 6.07) is 11.6. The van der Waals surface area contributed by atoms with Gasteiger partial charge in [0.25, 0.3) is 0 Å². The molecule has 0 saturated carbocycles. The highest BCUT2D eigenvalue weighted by Crippen LogP contribution is 2.32. The first-order chi connectivity index (χ1) is 7.70. The Balaban J connectivity index is 2.53. The van der Waals surface area contributed by atoms with Gasteiger partial charge in [-0.1, -0.05) is 23.7 Å². The van der Waals surface area contributed by atoms with Crippen molar-refractivity contribution in [3.05, 3.63) is 53.3 Å². The minimum absolute atomic E-state index is 0.259. The van der Waals surface area contributed by atoms with Crippen molar-refractivity contribution in [2.24, 2.45) is 0 Å².